The second-order valence-corrected chi connectivity index (χ2v) is 5.14. The van der Waals surface area contributed by atoms with Crippen molar-refractivity contribution in [1.29, 1.82) is 0 Å². The topological polar surface area (TPSA) is 38.7 Å². The van der Waals surface area contributed by atoms with Crippen molar-refractivity contribution in [2.75, 3.05) is 0 Å². The molecule has 0 saturated heterocycles. The standard InChI is InChI=1S/C12H7ClFN3S/c13-12-15-6-7(14)9(17-12)5-11-16-8-3-1-2-4-10(8)18-11/h1-4,6H,5H2. The molecule has 0 spiro atoms. The van der Waals surface area contributed by atoms with Crippen LogP contribution >= 0.6 is 22.9 Å². The molecule has 0 N–H and O–H groups in total. The SMILES string of the molecule is Fc1cnc(Cl)nc1Cc1nc2ccccc2s1. The molecule has 18 heavy (non-hydrogen) atoms. The molecule has 0 amide bonds. The van der Waals surface area contributed by atoms with Crippen LogP contribution < -0.4 is 0 Å². The van der Waals surface area contributed by atoms with Crippen LogP contribution in [0.1, 0.15) is 10.7 Å². The second-order valence-electron chi connectivity index (χ2n) is 3.69. The van der Waals surface area contributed by atoms with Crippen LogP contribution in [0.2, 0.25) is 5.28 Å². The van der Waals surface area contributed by atoms with Crippen LogP contribution in [0, 0.1) is 5.82 Å². The number of benzene rings is 1. The van der Waals surface area contributed by atoms with E-state index in [1.807, 2.05) is 24.3 Å². The molecule has 3 nitrogen and oxygen atoms in total. The van der Waals surface area contributed by atoms with E-state index in [9.17, 15) is 4.39 Å². The first-order valence-corrected chi connectivity index (χ1v) is 6.43. The van der Waals surface area contributed by atoms with Gasteiger partial charge < -0.3 is 0 Å². The first-order valence-electron chi connectivity index (χ1n) is 5.24. The van der Waals surface area contributed by atoms with Gasteiger partial charge in [-0.2, -0.15) is 0 Å². The fraction of sp³-hybridized carbons (Fsp3) is 0.0833. The molecule has 0 fully saturated rings. The van der Waals surface area contributed by atoms with Crippen molar-refractivity contribution in [3.8, 4) is 0 Å². The number of nitrogens with zero attached hydrogens (tertiary/aromatic N) is 3. The predicted octanol–water partition coefficient (Wildman–Crippen LogP) is 3.47. The Bertz CT molecular complexity index is 680. The Kier molecular flexibility index (Phi) is 2.93. The van der Waals surface area contributed by atoms with E-state index in [4.69, 9.17) is 11.6 Å². The van der Waals surface area contributed by atoms with Crippen LogP contribution in [-0.2, 0) is 6.42 Å². The van der Waals surface area contributed by atoms with Crippen molar-refractivity contribution in [2.24, 2.45) is 0 Å². The second kappa shape index (κ2) is 4.59. The minimum absolute atomic E-state index is 0.0486. The number of fused-ring (bicyclic) bond motifs is 1. The largest absolute Gasteiger partial charge is 0.241 e. The Morgan fingerprint density at radius 3 is 2.89 bits per heavy atom. The molecule has 0 unspecified atom stereocenters. The summed E-state index contributed by atoms with van der Waals surface area (Å²) in [7, 11) is 0. The molecule has 1 aromatic carbocycles. The summed E-state index contributed by atoms with van der Waals surface area (Å²) in [5.74, 6) is -0.460. The van der Waals surface area contributed by atoms with Crippen LogP contribution in [0.25, 0.3) is 10.2 Å². The van der Waals surface area contributed by atoms with E-state index in [0.717, 1.165) is 21.4 Å². The Morgan fingerprint density at radius 2 is 2.06 bits per heavy atom. The van der Waals surface area contributed by atoms with Crippen molar-refractivity contribution in [1.82, 2.24) is 15.0 Å². The molecule has 0 aliphatic heterocycles. The zero-order valence-corrected chi connectivity index (χ0v) is 10.7. The lowest BCUT2D eigenvalue weighted by Gasteiger charge is -1.98. The van der Waals surface area contributed by atoms with Gasteiger partial charge in [-0.1, -0.05) is 12.1 Å². The molecular formula is C12H7ClFN3S. The molecule has 3 aromatic rings. The van der Waals surface area contributed by atoms with Crippen LogP contribution in [0.5, 0.6) is 0 Å². The van der Waals surface area contributed by atoms with Crippen LogP contribution in [-0.4, -0.2) is 15.0 Å². The number of aromatic nitrogens is 3. The maximum atomic E-state index is 13.5. The van der Waals surface area contributed by atoms with Gasteiger partial charge in [0, 0.05) is 6.42 Å². The lowest BCUT2D eigenvalue weighted by molar-refractivity contribution is 0.595. The molecule has 0 aliphatic carbocycles. The highest BCUT2D eigenvalue weighted by atomic mass is 35.5. The molecule has 0 saturated carbocycles. The molecule has 90 valence electrons. The summed E-state index contributed by atoms with van der Waals surface area (Å²) in [5.41, 5.74) is 1.19. The lowest BCUT2D eigenvalue weighted by atomic mass is 10.3. The molecule has 6 heteroatoms. The molecule has 2 aromatic heterocycles. The summed E-state index contributed by atoms with van der Waals surface area (Å²) < 4.78 is 14.6. The average Bonchev–Trinajstić information content (AvgIpc) is 2.76. The van der Waals surface area contributed by atoms with E-state index in [1.165, 1.54) is 11.3 Å². The van der Waals surface area contributed by atoms with Crippen molar-refractivity contribution in [2.45, 2.75) is 6.42 Å². The molecule has 0 bridgehead atoms. The van der Waals surface area contributed by atoms with Gasteiger partial charge in [0.2, 0.25) is 5.28 Å². The van der Waals surface area contributed by atoms with Gasteiger partial charge in [0.15, 0.2) is 5.82 Å². The number of hydrogen-bond acceptors (Lipinski definition) is 4. The molecule has 0 aliphatic rings. The zero-order chi connectivity index (χ0) is 12.5. The summed E-state index contributed by atoms with van der Waals surface area (Å²) in [6, 6.07) is 7.79. The van der Waals surface area contributed by atoms with Gasteiger partial charge in [-0.25, -0.2) is 19.3 Å². The summed E-state index contributed by atoms with van der Waals surface area (Å²) in [5, 5.41) is 0.859. The van der Waals surface area contributed by atoms with Gasteiger partial charge in [0.25, 0.3) is 0 Å². The molecule has 0 radical (unpaired) electrons. The highest BCUT2D eigenvalue weighted by Crippen LogP contribution is 2.23. The smallest absolute Gasteiger partial charge is 0.222 e. The van der Waals surface area contributed by atoms with Crippen molar-refractivity contribution < 1.29 is 4.39 Å². The van der Waals surface area contributed by atoms with Gasteiger partial charge in [-0.05, 0) is 23.7 Å². The van der Waals surface area contributed by atoms with Crippen LogP contribution in [0.15, 0.2) is 30.5 Å². The van der Waals surface area contributed by atoms with Crippen molar-refractivity contribution >= 4 is 33.2 Å². The quantitative estimate of drug-likeness (QED) is 0.674. The fourth-order valence-corrected chi connectivity index (χ4v) is 2.76. The van der Waals surface area contributed by atoms with E-state index in [0.29, 0.717) is 6.42 Å². The number of hydrogen-bond donors (Lipinski definition) is 0. The summed E-state index contributed by atoms with van der Waals surface area (Å²) in [6.45, 7) is 0. The summed E-state index contributed by atoms with van der Waals surface area (Å²) in [6.07, 6.45) is 1.41. The van der Waals surface area contributed by atoms with Gasteiger partial charge in [-0.3, -0.25) is 0 Å². The summed E-state index contributed by atoms with van der Waals surface area (Å²) in [4.78, 5) is 11.9. The maximum Gasteiger partial charge on any atom is 0.222 e. The number of rotatable bonds is 2. The number of halogens is 2. The number of thiazole rings is 1. The minimum atomic E-state index is -0.460. The molecule has 2 heterocycles. The van der Waals surface area contributed by atoms with Crippen LogP contribution in [0.3, 0.4) is 0 Å². The highest BCUT2D eigenvalue weighted by Gasteiger charge is 2.10. The average molecular weight is 280 g/mol. The maximum absolute atomic E-state index is 13.5. The third kappa shape index (κ3) is 2.19. The van der Waals surface area contributed by atoms with Gasteiger partial charge in [0.05, 0.1) is 27.1 Å². The predicted molar refractivity (Wildman–Crippen MR) is 69.4 cm³/mol. The minimum Gasteiger partial charge on any atom is -0.241 e. The number of para-hydroxylation sites is 1. The lowest BCUT2D eigenvalue weighted by Crippen LogP contribution is -1.98. The van der Waals surface area contributed by atoms with E-state index >= 15 is 0 Å². The third-order valence-electron chi connectivity index (χ3n) is 2.44. The van der Waals surface area contributed by atoms with E-state index in [2.05, 4.69) is 15.0 Å². The Balaban J connectivity index is 1.98. The van der Waals surface area contributed by atoms with Gasteiger partial charge >= 0.3 is 0 Å². The first kappa shape index (κ1) is 11.5. The van der Waals surface area contributed by atoms with Crippen molar-refractivity contribution in [3.63, 3.8) is 0 Å². The van der Waals surface area contributed by atoms with E-state index < -0.39 is 5.82 Å². The fourth-order valence-electron chi connectivity index (χ4n) is 1.64. The van der Waals surface area contributed by atoms with Gasteiger partial charge in [-0.15, -0.1) is 11.3 Å². The molecule has 3 rings (SSSR count). The third-order valence-corrected chi connectivity index (χ3v) is 3.66. The Hall–Kier alpha value is -1.59. The van der Waals surface area contributed by atoms with Crippen LogP contribution in [0.4, 0.5) is 4.39 Å². The Morgan fingerprint density at radius 1 is 1.22 bits per heavy atom. The zero-order valence-electron chi connectivity index (χ0n) is 9.10. The van der Waals surface area contributed by atoms with Gasteiger partial charge in [0.1, 0.15) is 0 Å². The van der Waals surface area contributed by atoms with E-state index in [1.54, 1.807) is 0 Å². The van der Waals surface area contributed by atoms with E-state index in [-0.39, 0.29) is 11.0 Å². The normalized spacial score (nSPS) is 11.0. The molecular weight excluding hydrogens is 273 g/mol. The van der Waals surface area contributed by atoms with Crippen molar-refractivity contribution in [3.05, 3.63) is 52.3 Å². The molecule has 0 atom stereocenters. The monoisotopic (exact) mass is 279 g/mol. The first-order chi connectivity index (χ1) is 8.72. The Labute approximate surface area is 111 Å². The highest BCUT2D eigenvalue weighted by molar-refractivity contribution is 7.18. The summed E-state index contributed by atoms with van der Waals surface area (Å²) >= 11 is 7.18.